The average molecular weight is 302 g/mol. The molecule has 1 aromatic heterocycles. The van der Waals surface area contributed by atoms with E-state index in [-0.39, 0.29) is 5.56 Å². The molecule has 2 N–H and O–H groups in total. The molecule has 0 amide bonds. The molecule has 2 aromatic rings. The summed E-state index contributed by atoms with van der Waals surface area (Å²) in [5.74, 6) is 0.479. The molecule has 0 radical (unpaired) electrons. The number of anilines is 1. The molecular weight excluding hydrogens is 292 g/mol. The molecule has 1 heterocycles. The number of benzene rings is 1. The second-order valence-electron chi connectivity index (χ2n) is 3.58. The van der Waals surface area contributed by atoms with Crippen molar-refractivity contribution in [2.24, 2.45) is 0 Å². The zero-order chi connectivity index (χ0) is 12.4. The minimum atomic E-state index is -2.46. The van der Waals surface area contributed by atoms with E-state index < -0.39 is 6.43 Å². The van der Waals surface area contributed by atoms with Crippen molar-refractivity contribution >= 4 is 21.7 Å². The van der Waals surface area contributed by atoms with Crippen LogP contribution in [0, 0.1) is 0 Å². The van der Waals surface area contributed by atoms with E-state index in [1.807, 2.05) is 0 Å². The molecule has 0 spiro atoms. The molecule has 0 aliphatic rings. The van der Waals surface area contributed by atoms with E-state index in [2.05, 4.69) is 21.0 Å². The van der Waals surface area contributed by atoms with Crippen LogP contribution in [-0.2, 0) is 6.54 Å². The first-order valence-electron chi connectivity index (χ1n) is 4.91. The van der Waals surface area contributed by atoms with E-state index in [9.17, 15) is 8.78 Å². The van der Waals surface area contributed by atoms with Gasteiger partial charge in [-0.15, -0.1) is 0 Å². The maximum Gasteiger partial charge on any atom is 0.263 e. The van der Waals surface area contributed by atoms with Gasteiger partial charge >= 0.3 is 0 Å². The van der Waals surface area contributed by atoms with Crippen molar-refractivity contribution in [2.45, 2.75) is 13.0 Å². The van der Waals surface area contributed by atoms with Crippen LogP contribution >= 0.6 is 15.9 Å². The summed E-state index contributed by atoms with van der Waals surface area (Å²) in [4.78, 5) is 0. The standard InChI is InChI=1S/C11H10BrF2N3/c12-9-5-16-17(11(9)15)6-7-2-1-3-8(4-7)10(13)14/h1-5,10H,6,15H2. The Morgan fingerprint density at radius 2 is 2.18 bits per heavy atom. The monoisotopic (exact) mass is 301 g/mol. The van der Waals surface area contributed by atoms with Gasteiger partial charge in [-0.1, -0.05) is 18.2 Å². The van der Waals surface area contributed by atoms with Gasteiger partial charge in [0.2, 0.25) is 0 Å². The summed E-state index contributed by atoms with van der Waals surface area (Å²) in [6.07, 6.45) is -0.886. The number of halogens is 3. The van der Waals surface area contributed by atoms with Crippen molar-refractivity contribution < 1.29 is 8.78 Å². The third-order valence-electron chi connectivity index (χ3n) is 2.37. The van der Waals surface area contributed by atoms with Gasteiger partial charge in [-0.05, 0) is 27.6 Å². The van der Waals surface area contributed by atoms with Gasteiger partial charge in [0.15, 0.2) is 0 Å². The van der Waals surface area contributed by atoms with Crippen LogP contribution in [0.25, 0.3) is 0 Å². The molecule has 0 saturated heterocycles. The number of hydrogen-bond donors (Lipinski definition) is 1. The molecule has 0 aliphatic carbocycles. The molecule has 6 heteroatoms. The molecule has 2 rings (SSSR count). The van der Waals surface area contributed by atoms with Gasteiger partial charge in [0.05, 0.1) is 17.2 Å². The normalized spacial score (nSPS) is 11.1. The van der Waals surface area contributed by atoms with Gasteiger partial charge in [-0.25, -0.2) is 13.5 Å². The second kappa shape index (κ2) is 4.83. The molecule has 0 fully saturated rings. The van der Waals surface area contributed by atoms with Gasteiger partial charge in [-0.2, -0.15) is 5.10 Å². The zero-order valence-corrected chi connectivity index (χ0v) is 10.4. The lowest BCUT2D eigenvalue weighted by Crippen LogP contribution is -2.06. The number of nitrogens with zero attached hydrogens (tertiary/aromatic N) is 2. The molecule has 0 saturated carbocycles. The molecule has 0 unspecified atom stereocenters. The first-order chi connectivity index (χ1) is 8.08. The van der Waals surface area contributed by atoms with Crippen molar-refractivity contribution in [2.75, 3.05) is 5.73 Å². The van der Waals surface area contributed by atoms with E-state index >= 15 is 0 Å². The Labute approximate surface area is 105 Å². The highest BCUT2D eigenvalue weighted by molar-refractivity contribution is 9.10. The minimum Gasteiger partial charge on any atom is -0.383 e. The Balaban J connectivity index is 2.24. The fourth-order valence-corrected chi connectivity index (χ4v) is 1.79. The maximum absolute atomic E-state index is 12.5. The van der Waals surface area contributed by atoms with Crippen molar-refractivity contribution in [3.05, 3.63) is 46.1 Å². The molecular formula is C11H10BrF2N3. The molecule has 0 bridgehead atoms. The second-order valence-corrected chi connectivity index (χ2v) is 4.44. The van der Waals surface area contributed by atoms with E-state index in [1.165, 1.54) is 12.1 Å². The summed E-state index contributed by atoms with van der Waals surface area (Å²) in [5, 5.41) is 4.04. The summed E-state index contributed by atoms with van der Waals surface area (Å²) in [5.41, 5.74) is 6.50. The van der Waals surface area contributed by atoms with Crippen molar-refractivity contribution in [1.82, 2.24) is 9.78 Å². The van der Waals surface area contributed by atoms with Gasteiger partial charge in [0.1, 0.15) is 5.82 Å². The van der Waals surface area contributed by atoms with Crippen LogP contribution in [0.2, 0.25) is 0 Å². The fourth-order valence-electron chi connectivity index (χ4n) is 1.50. The lowest BCUT2D eigenvalue weighted by atomic mass is 10.1. The highest BCUT2D eigenvalue weighted by Gasteiger charge is 2.09. The third kappa shape index (κ3) is 2.63. The van der Waals surface area contributed by atoms with E-state index in [1.54, 1.807) is 23.0 Å². The summed E-state index contributed by atoms with van der Waals surface area (Å²) in [6, 6.07) is 6.22. The SMILES string of the molecule is Nc1c(Br)cnn1Cc1cccc(C(F)F)c1. The van der Waals surface area contributed by atoms with Crippen LogP contribution < -0.4 is 5.73 Å². The first kappa shape index (κ1) is 12.0. The lowest BCUT2D eigenvalue weighted by Gasteiger charge is -2.06. The number of nitrogens with two attached hydrogens (primary N) is 1. The van der Waals surface area contributed by atoms with Gasteiger partial charge in [0.25, 0.3) is 6.43 Å². The molecule has 0 aliphatic heterocycles. The summed E-state index contributed by atoms with van der Waals surface area (Å²) < 4.78 is 27.3. The third-order valence-corrected chi connectivity index (χ3v) is 2.98. The number of nitrogen functional groups attached to an aromatic ring is 1. The van der Waals surface area contributed by atoms with Gasteiger partial charge in [0, 0.05) is 5.56 Å². The number of rotatable bonds is 3. The van der Waals surface area contributed by atoms with Gasteiger partial charge < -0.3 is 5.73 Å². The van der Waals surface area contributed by atoms with Gasteiger partial charge in [-0.3, -0.25) is 0 Å². The largest absolute Gasteiger partial charge is 0.383 e. The molecule has 90 valence electrons. The fraction of sp³-hybridized carbons (Fsp3) is 0.182. The Bertz CT molecular complexity index is 525. The summed E-state index contributed by atoms with van der Waals surface area (Å²) in [6.45, 7) is 0.373. The van der Waals surface area contributed by atoms with Crippen LogP contribution in [0.5, 0.6) is 0 Å². The Morgan fingerprint density at radius 3 is 2.76 bits per heavy atom. The van der Waals surface area contributed by atoms with Crippen LogP contribution in [0.15, 0.2) is 34.9 Å². The Hall–Kier alpha value is -1.43. The number of aromatic nitrogens is 2. The summed E-state index contributed by atoms with van der Waals surface area (Å²) in [7, 11) is 0. The highest BCUT2D eigenvalue weighted by Crippen LogP contribution is 2.22. The van der Waals surface area contributed by atoms with Crippen LogP contribution in [0.4, 0.5) is 14.6 Å². The molecule has 17 heavy (non-hydrogen) atoms. The topological polar surface area (TPSA) is 43.8 Å². The quantitative estimate of drug-likeness (QED) is 0.946. The lowest BCUT2D eigenvalue weighted by molar-refractivity contribution is 0.151. The Kier molecular flexibility index (Phi) is 3.42. The van der Waals surface area contributed by atoms with E-state index in [0.29, 0.717) is 16.8 Å². The maximum atomic E-state index is 12.5. The zero-order valence-electron chi connectivity index (χ0n) is 8.78. The first-order valence-corrected chi connectivity index (χ1v) is 5.71. The van der Waals surface area contributed by atoms with Crippen LogP contribution in [0.3, 0.4) is 0 Å². The predicted octanol–water partition coefficient (Wildman–Crippen LogP) is 3.21. The van der Waals surface area contributed by atoms with Crippen molar-refractivity contribution in [3.8, 4) is 0 Å². The highest BCUT2D eigenvalue weighted by atomic mass is 79.9. The van der Waals surface area contributed by atoms with E-state index in [4.69, 9.17) is 5.73 Å². The van der Waals surface area contributed by atoms with E-state index in [0.717, 1.165) is 5.56 Å². The average Bonchev–Trinajstić information content (AvgIpc) is 2.61. The number of hydrogen-bond acceptors (Lipinski definition) is 2. The smallest absolute Gasteiger partial charge is 0.263 e. The van der Waals surface area contributed by atoms with Crippen molar-refractivity contribution in [3.63, 3.8) is 0 Å². The molecule has 1 aromatic carbocycles. The van der Waals surface area contributed by atoms with Crippen molar-refractivity contribution in [1.29, 1.82) is 0 Å². The van der Waals surface area contributed by atoms with Crippen LogP contribution in [0.1, 0.15) is 17.6 Å². The number of alkyl halides is 2. The van der Waals surface area contributed by atoms with Crippen LogP contribution in [-0.4, -0.2) is 9.78 Å². The molecule has 0 atom stereocenters. The molecule has 3 nitrogen and oxygen atoms in total. The predicted molar refractivity (Wildman–Crippen MR) is 64.8 cm³/mol. The summed E-state index contributed by atoms with van der Waals surface area (Å²) >= 11 is 3.24. The Morgan fingerprint density at radius 1 is 1.41 bits per heavy atom. The minimum absolute atomic E-state index is 0.00675.